The molecule has 0 saturated carbocycles. The fraction of sp³-hybridized carbons (Fsp3) is 0.133. The zero-order valence-electron chi connectivity index (χ0n) is 11.5. The molecule has 2 heterocycles. The highest BCUT2D eigenvalue weighted by molar-refractivity contribution is 6.40. The molecule has 0 unspecified atom stereocenters. The van der Waals surface area contributed by atoms with E-state index in [0.29, 0.717) is 5.69 Å². The SMILES string of the molecule is Cc1cc(C(=O)C(=O)O)c(C)n1-c1ccc2cn[nH]c2c1. The van der Waals surface area contributed by atoms with E-state index in [1.54, 1.807) is 19.2 Å². The lowest BCUT2D eigenvalue weighted by Crippen LogP contribution is -2.13. The molecule has 3 rings (SSSR count). The number of aryl methyl sites for hydroxylation is 1. The van der Waals surface area contributed by atoms with Crippen LogP contribution in [-0.2, 0) is 4.79 Å². The van der Waals surface area contributed by atoms with Gasteiger partial charge in [-0.15, -0.1) is 0 Å². The molecule has 0 radical (unpaired) electrons. The maximum atomic E-state index is 11.7. The van der Waals surface area contributed by atoms with Gasteiger partial charge in [0.2, 0.25) is 0 Å². The van der Waals surface area contributed by atoms with Gasteiger partial charge in [0.15, 0.2) is 0 Å². The number of aromatic amines is 1. The van der Waals surface area contributed by atoms with Gasteiger partial charge in [-0.25, -0.2) is 4.79 Å². The van der Waals surface area contributed by atoms with E-state index < -0.39 is 11.8 Å². The van der Waals surface area contributed by atoms with Gasteiger partial charge in [-0.3, -0.25) is 9.89 Å². The summed E-state index contributed by atoms with van der Waals surface area (Å²) in [6.45, 7) is 3.57. The number of nitrogens with zero attached hydrogens (tertiary/aromatic N) is 2. The van der Waals surface area contributed by atoms with E-state index in [1.165, 1.54) is 0 Å². The van der Waals surface area contributed by atoms with Crippen LogP contribution in [0.2, 0.25) is 0 Å². The molecule has 0 aliphatic heterocycles. The van der Waals surface area contributed by atoms with Crippen LogP contribution >= 0.6 is 0 Å². The maximum absolute atomic E-state index is 11.7. The van der Waals surface area contributed by atoms with Gasteiger partial charge in [-0.05, 0) is 38.1 Å². The number of carbonyl (C=O) groups is 2. The van der Waals surface area contributed by atoms with Crippen LogP contribution in [0.3, 0.4) is 0 Å². The summed E-state index contributed by atoms with van der Waals surface area (Å²) in [7, 11) is 0. The highest BCUT2D eigenvalue weighted by atomic mass is 16.4. The van der Waals surface area contributed by atoms with Gasteiger partial charge in [-0.1, -0.05) is 0 Å². The number of hydrogen-bond acceptors (Lipinski definition) is 3. The van der Waals surface area contributed by atoms with Gasteiger partial charge in [-0.2, -0.15) is 5.10 Å². The van der Waals surface area contributed by atoms with Crippen LogP contribution in [0.25, 0.3) is 16.6 Å². The smallest absolute Gasteiger partial charge is 0.377 e. The van der Waals surface area contributed by atoms with Crippen molar-refractivity contribution in [2.75, 3.05) is 0 Å². The summed E-state index contributed by atoms with van der Waals surface area (Å²) in [6.07, 6.45) is 1.73. The third-order valence-electron chi connectivity index (χ3n) is 3.55. The van der Waals surface area contributed by atoms with E-state index in [0.717, 1.165) is 22.3 Å². The van der Waals surface area contributed by atoms with E-state index in [4.69, 9.17) is 5.11 Å². The Hall–Kier alpha value is -2.89. The highest BCUT2D eigenvalue weighted by Gasteiger charge is 2.21. The van der Waals surface area contributed by atoms with Gasteiger partial charge in [0.25, 0.3) is 5.78 Å². The molecule has 1 aromatic carbocycles. The van der Waals surface area contributed by atoms with Crippen LogP contribution in [-0.4, -0.2) is 31.6 Å². The van der Waals surface area contributed by atoms with Crippen molar-refractivity contribution in [1.29, 1.82) is 0 Å². The van der Waals surface area contributed by atoms with Crippen molar-refractivity contribution in [3.05, 3.63) is 47.4 Å². The first-order valence-electron chi connectivity index (χ1n) is 6.39. The number of Topliss-reactive ketones (excluding diaryl/α,β-unsaturated/α-hetero) is 1. The lowest BCUT2D eigenvalue weighted by Gasteiger charge is -2.09. The number of rotatable bonds is 3. The lowest BCUT2D eigenvalue weighted by molar-refractivity contribution is -0.131. The molecule has 0 aliphatic carbocycles. The van der Waals surface area contributed by atoms with Crippen molar-refractivity contribution in [2.45, 2.75) is 13.8 Å². The quantitative estimate of drug-likeness (QED) is 0.570. The number of hydrogen-bond donors (Lipinski definition) is 2. The summed E-state index contributed by atoms with van der Waals surface area (Å²) < 4.78 is 1.86. The normalized spacial score (nSPS) is 11.0. The number of carboxylic acid groups (broad SMARTS) is 1. The average Bonchev–Trinajstić information content (AvgIpc) is 3.01. The van der Waals surface area contributed by atoms with Gasteiger partial charge in [0.1, 0.15) is 0 Å². The molecule has 0 amide bonds. The van der Waals surface area contributed by atoms with Crippen molar-refractivity contribution in [3.8, 4) is 5.69 Å². The second-order valence-corrected chi connectivity index (χ2v) is 4.90. The van der Waals surface area contributed by atoms with Crippen LogP contribution in [0, 0.1) is 13.8 Å². The van der Waals surface area contributed by atoms with Gasteiger partial charge in [0, 0.05) is 22.5 Å². The fourth-order valence-corrected chi connectivity index (χ4v) is 2.57. The Balaban J connectivity index is 2.18. The summed E-state index contributed by atoms with van der Waals surface area (Å²) in [5.41, 5.74) is 3.36. The zero-order chi connectivity index (χ0) is 15.1. The van der Waals surface area contributed by atoms with Crippen LogP contribution < -0.4 is 0 Å². The van der Waals surface area contributed by atoms with Gasteiger partial charge in [0.05, 0.1) is 17.3 Å². The third kappa shape index (κ3) is 2.01. The summed E-state index contributed by atoms with van der Waals surface area (Å²) >= 11 is 0. The monoisotopic (exact) mass is 283 g/mol. The topological polar surface area (TPSA) is 88.0 Å². The number of ketones is 1. The maximum Gasteiger partial charge on any atom is 0.377 e. The predicted molar refractivity (Wildman–Crippen MR) is 76.9 cm³/mol. The number of aliphatic carboxylic acids is 1. The molecule has 0 bridgehead atoms. The highest BCUT2D eigenvalue weighted by Crippen LogP contribution is 2.23. The number of carboxylic acids is 1. The van der Waals surface area contributed by atoms with Crippen molar-refractivity contribution in [2.24, 2.45) is 0 Å². The summed E-state index contributed by atoms with van der Waals surface area (Å²) in [5, 5.41) is 16.7. The van der Waals surface area contributed by atoms with Crippen LogP contribution in [0.1, 0.15) is 21.7 Å². The molecular formula is C15H13N3O3. The van der Waals surface area contributed by atoms with Crippen LogP contribution in [0.15, 0.2) is 30.5 Å². The standard InChI is InChI=1S/C15H13N3O3/c1-8-5-12(14(19)15(20)21)9(2)18(8)11-4-3-10-7-16-17-13(10)6-11/h3-7H,1-2H3,(H,16,17)(H,20,21). The summed E-state index contributed by atoms with van der Waals surface area (Å²) in [4.78, 5) is 22.6. The minimum absolute atomic E-state index is 0.213. The first-order chi connectivity index (χ1) is 9.99. The average molecular weight is 283 g/mol. The minimum Gasteiger partial charge on any atom is -0.475 e. The van der Waals surface area contributed by atoms with E-state index in [-0.39, 0.29) is 5.56 Å². The number of carbonyl (C=O) groups excluding carboxylic acids is 1. The molecule has 6 nitrogen and oxygen atoms in total. The molecule has 0 spiro atoms. The van der Waals surface area contributed by atoms with E-state index in [9.17, 15) is 9.59 Å². The number of H-pyrrole nitrogens is 1. The van der Waals surface area contributed by atoms with Crippen molar-refractivity contribution >= 4 is 22.7 Å². The molecule has 0 aliphatic rings. The zero-order valence-corrected chi connectivity index (χ0v) is 11.5. The molecule has 0 saturated heterocycles. The van der Waals surface area contributed by atoms with Crippen LogP contribution in [0.4, 0.5) is 0 Å². The van der Waals surface area contributed by atoms with Crippen molar-refractivity contribution < 1.29 is 14.7 Å². The minimum atomic E-state index is -1.45. The third-order valence-corrected chi connectivity index (χ3v) is 3.55. The Morgan fingerprint density at radius 2 is 2.00 bits per heavy atom. The second kappa shape index (κ2) is 4.59. The Kier molecular flexibility index (Phi) is 2.86. The van der Waals surface area contributed by atoms with E-state index in [2.05, 4.69) is 10.2 Å². The predicted octanol–water partition coefficient (Wildman–Crippen LogP) is 2.24. The summed E-state index contributed by atoms with van der Waals surface area (Å²) in [6, 6.07) is 7.35. The largest absolute Gasteiger partial charge is 0.475 e. The van der Waals surface area contributed by atoms with Crippen molar-refractivity contribution in [3.63, 3.8) is 0 Å². The number of aromatic nitrogens is 3. The van der Waals surface area contributed by atoms with Crippen LogP contribution in [0.5, 0.6) is 0 Å². The first kappa shape index (κ1) is 13.1. The Labute approximate surface area is 120 Å². The number of nitrogens with one attached hydrogen (secondary N) is 1. The Morgan fingerprint density at radius 3 is 2.71 bits per heavy atom. The Morgan fingerprint density at radius 1 is 1.24 bits per heavy atom. The molecular weight excluding hydrogens is 270 g/mol. The lowest BCUT2D eigenvalue weighted by atomic mass is 10.1. The molecule has 6 heteroatoms. The molecule has 2 N–H and O–H groups in total. The van der Waals surface area contributed by atoms with E-state index in [1.807, 2.05) is 29.7 Å². The molecule has 21 heavy (non-hydrogen) atoms. The summed E-state index contributed by atoms with van der Waals surface area (Å²) in [5.74, 6) is -2.34. The molecule has 2 aromatic heterocycles. The first-order valence-corrected chi connectivity index (χ1v) is 6.39. The molecule has 106 valence electrons. The van der Waals surface area contributed by atoms with Gasteiger partial charge >= 0.3 is 5.97 Å². The second-order valence-electron chi connectivity index (χ2n) is 4.90. The number of benzene rings is 1. The molecule has 0 atom stereocenters. The Bertz CT molecular complexity index is 874. The van der Waals surface area contributed by atoms with E-state index >= 15 is 0 Å². The molecule has 0 fully saturated rings. The number of fused-ring (bicyclic) bond motifs is 1. The fourth-order valence-electron chi connectivity index (χ4n) is 2.57. The molecule has 3 aromatic rings. The van der Waals surface area contributed by atoms with Crippen molar-refractivity contribution in [1.82, 2.24) is 14.8 Å². The van der Waals surface area contributed by atoms with Gasteiger partial charge < -0.3 is 9.67 Å².